The molecule has 4 nitrogen and oxygen atoms in total. The molecule has 0 saturated carbocycles. The lowest BCUT2D eigenvalue weighted by atomic mass is 9.94. The number of hydrogen-bond donors (Lipinski definition) is 0. The first-order chi connectivity index (χ1) is 13.3. The first kappa shape index (κ1) is 20.9. The number of hydrogen-bond acceptors (Lipinski definition) is 2. The number of aryl methyl sites for hydroxylation is 1. The van der Waals surface area contributed by atoms with E-state index in [1.54, 1.807) is 6.92 Å². The van der Waals surface area contributed by atoms with Crippen molar-refractivity contribution in [3.63, 3.8) is 0 Å². The van der Waals surface area contributed by atoms with E-state index in [4.69, 9.17) is 0 Å². The highest BCUT2D eigenvalue weighted by Gasteiger charge is 2.33. The molecule has 2 aromatic rings. The Morgan fingerprint density at radius 2 is 1.93 bits per heavy atom. The molecule has 0 spiro atoms. The summed E-state index contributed by atoms with van der Waals surface area (Å²) in [6.45, 7) is 13.9. The van der Waals surface area contributed by atoms with Gasteiger partial charge in [-0.2, -0.15) is 0 Å². The number of rotatable bonds is 7. The molecule has 1 aliphatic heterocycles. The smallest absolute Gasteiger partial charge is 0.220 e. The molecule has 0 bridgehead atoms. The van der Waals surface area contributed by atoms with E-state index < -0.39 is 0 Å². The fourth-order valence-electron chi connectivity index (χ4n) is 4.90. The molecule has 1 unspecified atom stereocenters. The van der Waals surface area contributed by atoms with E-state index in [-0.39, 0.29) is 11.9 Å². The highest BCUT2D eigenvalue weighted by molar-refractivity contribution is 5.86. The first-order valence-electron chi connectivity index (χ1n) is 10.9. The van der Waals surface area contributed by atoms with Gasteiger partial charge < -0.3 is 14.4 Å². The third-order valence-electron chi connectivity index (χ3n) is 6.21. The van der Waals surface area contributed by atoms with Crippen LogP contribution < -0.4 is 0 Å². The average Bonchev–Trinajstić information content (AvgIpc) is 2.93. The summed E-state index contributed by atoms with van der Waals surface area (Å²) in [5.41, 5.74) is 4.08. The van der Waals surface area contributed by atoms with Crippen LogP contribution in [0.4, 0.5) is 0 Å². The number of nitrogens with zero attached hydrogens (tertiary/aromatic N) is 3. The van der Waals surface area contributed by atoms with Crippen molar-refractivity contribution >= 4 is 16.8 Å². The molecule has 1 aliphatic rings. The van der Waals surface area contributed by atoms with E-state index in [9.17, 15) is 4.79 Å². The van der Waals surface area contributed by atoms with Gasteiger partial charge in [0.1, 0.15) is 0 Å². The van der Waals surface area contributed by atoms with Gasteiger partial charge in [-0.1, -0.05) is 32.0 Å². The predicted molar refractivity (Wildman–Crippen MR) is 118 cm³/mol. The molecule has 0 fully saturated rings. The Bertz CT molecular complexity index is 821. The second-order valence-corrected chi connectivity index (χ2v) is 9.04. The summed E-state index contributed by atoms with van der Waals surface area (Å²) in [7, 11) is 2.16. The highest BCUT2D eigenvalue weighted by atomic mass is 16.2. The van der Waals surface area contributed by atoms with Gasteiger partial charge in [-0.3, -0.25) is 4.79 Å². The van der Waals surface area contributed by atoms with Crippen LogP contribution in [0.1, 0.15) is 64.8 Å². The van der Waals surface area contributed by atoms with E-state index in [1.165, 1.54) is 22.2 Å². The molecule has 3 rings (SSSR count). The van der Waals surface area contributed by atoms with E-state index >= 15 is 0 Å². The standard InChI is InChI=1S/C24H37N3O/c1-17(2)16-26(18(3)4)14-9-12-23-24-21(13-15-27(23)19(5)28)20-10-7-8-11-22(20)25(24)6/h7-8,10-11,17-18,23H,9,12-16H2,1-6H3. The van der Waals surface area contributed by atoms with Crippen LogP contribution >= 0.6 is 0 Å². The Balaban J connectivity index is 1.85. The molecule has 154 valence electrons. The van der Waals surface area contributed by atoms with Crippen LogP contribution in [0.15, 0.2) is 24.3 Å². The number of aromatic nitrogens is 1. The molecule has 1 atom stereocenters. The topological polar surface area (TPSA) is 28.5 Å². The Morgan fingerprint density at radius 3 is 2.57 bits per heavy atom. The number of amides is 1. The Morgan fingerprint density at radius 1 is 1.21 bits per heavy atom. The van der Waals surface area contributed by atoms with Crippen molar-refractivity contribution in [2.75, 3.05) is 19.6 Å². The maximum absolute atomic E-state index is 12.4. The van der Waals surface area contributed by atoms with Gasteiger partial charge in [-0.15, -0.1) is 0 Å². The number of carbonyl (C=O) groups excluding carboxylic acids is 1. The van der Waals surface area contributed by atoms with Crippen molar-refractivity contribution < 1.29 is 4.79 Å². The number of carbonyl (C=O) groups is 1. The fourth-order valence-corrected chi connectivity index (χ4v) is 4.90. The molecule has 0 aliphatic carbocycles. The Kier molecular flexibility index (Phi) is 6.49. The molecule has 4 heteroatoms. The number of fused-ring (bicyclic) bond motifs is 3. The van der Waals surface area contributed by atoms with E-state index in [2.05, 4.69) is 73.4 Å². The third kappa shape index (κ3) is 4.12. The number of benzene rings is 1. The molecular weight excluding hydrogens is 346 g/mol. The largest absolute Gasteiger partial charge is 0.346 e. The van der Waals surface area contributed by atoms with Gasteiger partial charge in [0.25, 0.3) is 0 Å². The molecule has 1 amide bonds. The summed E-state index contributed by atoms with van der Waals surface area (Å²) in [6, 6.07) is 9.42. The SMILES string of the molecule is CC(=O)N1CCc2c(n(C)c3ccccc23)C1CCCN(CC(C)C)C(C)C. The Labute approximate surface area is 170 Å². The van der Waals surface area contributed by atoms with Crippen LogP contribution in [0.2, 0.25) is 0 Å². The lowest BCUT2D eigenvalue weighted by Gasteiger charge is -2.37. The minimum atomic E-state index is 0.187. The van der Waals surface area contributed by atoms with Gasteiger partial charge >= 0.3 is 0 Å². The highest BCUT2D eigenvalue weighted by Crippen LogP contribution is 2.38. The van der Waals surface area contributed by atoms with Crippen LogP contribution in [0.5, 0.6) is 0 Å². The summed E-state index contributed by atoms with van der Waals surface area (Å²) in [4.78, 5) is 17.1. The van der Waals surface area contributed by atoms with E-state index in [0.29, 0.717) is 12.0 Å². The maximum Gasteiger partial charge on any atom is 0.220 e. The van der Waals surface area contributed by atoms with Crippen LogP contribution in [0, 0.1) is 5.92 Å². The van der Waals surface area contributed by atoms with Crippen molar-refractivity contribution in [3.8, 4) is 0 Å². The second kappa shape index (κ2) is 8.69. The maximum atomic E-state index is 12.4. The lowest BCUT2D eigenvalue weighted by Crippen LogP contribution is -2.40. The molecule has 1 aromatic heterocycles. The van der Waals surface area contributed by atoms with Crippen LogP contribution in [0.3, 0.4) is 0 Å². The summed E-state index contributed by atoms with van der Waals surface area (Å²) >= 11 is 0. The van der Waals surface area contributed by atoms with Gasteiger partial charge in [-0.05, 0) is 57.2 Å². The summed E-state index contributed by atoms with van der Waals surface area (Å²) in [5.74, 6) is 0.874. The van der Waals surface area contributed by atoms with Crippen molar-refractivity contribution in [1.82, 2.24) is 14.4 Å². The zero-order valence-corrected chi connectivity index (χ0v) is 18.5. The predicted octanol–water partition coefficient (Wildman–Crippen LogP) is 4.77. The number of para-hydroxylation sites is 1. The van der Waals surface area contributed by atoms with Crippen molar-refractivity contribution in [2.45, 2.75) is 66.0 Å². The van der Waals surface area contributed by atoms with E-state index in [1.807, 2.05) is 0 Å². The first-order valence-corrected chi connectivity index (χ1v) is 10.9. The summed E-state index contributed by atoms with van der Waals surface area (Å²) in [5, 5.41) is 1.36. The molecule has 1 aromatic carbocycles. The fraction of sp³-hybridized carbons (Fsp3) is 0.625. The monoisotopic (exact) mass is 383 g/mol. The summed E-state index contributed by atoms with van der Waals surface area (Å²) < 4.78 is 2.33. The lowest BCUT2D eigenvalue weighted by molar-refractivity contribution is -0.132. The minimum absolute atomic E-state index is 0.187. The van der Waals surface area contributed by atoms with Gasteiger partial charge in [0, 0.05) is 49.7 Å². The van der Waals surface area contributed by atoms with Gasteiger partial charge in [0.15, 0.2) is 0 Å². The van der Waals surface area contributed by atoms with Gasteiger partial charge in [0.2, 0.25) is 5.91 Å². The van der Waals surface area contributed by atoms with Crippen molar-refractivity contribution in [2.24, 2.45) is 13.0 Å². The van der Waals surface area contributed by atoms with Gasteiger partial charge in [0.05, 0.1) is 6.04 Å². The second-order valence-electron chi connectivity index (χ2n) is 9.04. The third-order valence-corrected chi connectivity index (χ3v) is 6.21. The molecule has 2 heterocycles. The molecule has 0 N–H and O–H groups in total. The van der Waals surface area contributed by atoms with Crippen LogP contribution in [0.25, 0.3) is 10.9 Å². The molecule has 28 heavy (non-hydrogen) atoms. The molecule has 0 radical (unpaired) electrons. The van der Waals surface area contributed by atoms with Crippen LogP contribution in [-0.4, -0.2) is 46.0 Å². The zero-order valence-electron chi connectivity index (χ0n) is 18.5. The van der Waals surface area contributed by atoms with Crippen molar-refractivity contribution in [3.05, 3.63) is 35.5 Å². The quantitative estimate of drug-likeness (QED) is 0.689. The average molecular weight is 384 g/mol. The van der Waals surface area contributed by atoms with Gasteiger partial charge in [-0.25, -0.2) is 0 Å². The zero-order chi connectivity index (χ0) is 20.4. The molecular formula is C24H37N3O. The van der Waals surface area contributed by atoms with Crippen LogP contribution in [-0.2, 0) is 18.3 Å². The minimum Gasteiger partial charge on any atom is -0.346 e. The summed E-state index contributed by atoms with van der Waals surface area (Å²) in [6.07, 6.45) is 3.09. The Hall–Kier alpha value is -1.81. The van der Waals surface area contributed by atoms with Crippen molar-refractivity contribution in [1.29, 1.82) is 0 Å². The normalized spacial score (nSPS) is 17.2. The van der Waals surface area contributed by atoms with E-state index in [0.717, 1.165) is 38.9 Å². The molecule has 0 saturated heterocycles.